The van der Waals surface area contributed by atoms with Gasteiger partial charge in [-0.3, -0.25) is 14.8 Å². The van der Waals surface area contributed by atoms with E-state index in [-0.39, 0.29) is 18.6 Å². The molecule has 4 aromatic rings. The van der Waals surface area contributed by atoms with E-state index in [1.54, 1.807) is 25.6 Å². The average molecular weight is 535 g/mol. The van der Waals surface area contributed by atoms with E-state index in [9.17, 15) is 10.1 Å². The van der Waals surface area contributed by atoms with Gasteiger partial charge in [0.15, 0.2) is 0 Å². The predicted octanol–water partition coefficient (Wildman–Crippen LogP) is 4.16. The van der Waals surface area contributed by atoms with Gasteiger partial charge in [0, 0.05) is 42.9 Å². The molecular formula is C31H30N6O3. The second kappa shape index (κ2) is 10.6. The summed E-state index contributed by atoms with van der Waals surface area (Å²) in [6.07, 6.45) is 6.58. The van der Waals surface area contributed by atoms with Gasteiger partial charge >= 0.3 is 0 Å². The number of hydrogen-bond donors (Lipinski definition) is 1. The number of hydrogen-bond acceptors (Lipinski definition) is 8. The zero-order valence-electron chi connectivity index (χ0n) is 22.6. The Balaban J connectivity index is 1.19. The molecule has 0 spiro atoms. The van der Waals surface area contributed by atoms with Gasteiger partial charge in [0.2, 0.25) is 0 Å². The van der Waals surface area contributed by atoms with E-state index >= 15 is 0 Å². The van der Waals surface area contributed by atoms with Crippen molar-refractivity contribution in [3.05, 3.63) is 83.4 Å². The first-order valence-electron chi connectivity index (χ1n) is 13.4. The van der Waals surface area contributed by atoms with E-state index in [0.717, 1.165) is 64.2 Å². The fraction of sp³-hybridized carbons (Fsp3) is 0.323. The first-order chi connectivity index (χ1) is 19.5. The van der Waals surface area contributed by atoms with Crippen LogP contribution in [0.5, 0.6) is 0 Å². The molecule has 0 unspecified atom stereocenters. The Hall–Kier alpha value is -4.39. The third-order valence-corrected chi connectivity index (χ3v) is 7.79. The summed E-state index contributed by atoms with van der Waals surface area (Å²) in [4.78, 5) is 29.1. The standard InChI is InChI=1S/C31H30N6O3/c1-31(18-32)19-40-17-23-6-4-21(11-27(23)31)30(38)35-13-25-10-24-9-20(3-5-22(24)12-34-25)28-14-33-15-29(36-28)37-8-7-26(16-37)39-2/h3-6,9-12,14-15,26H,7-8,13,16-17,19H2,1-2H3,(H,35,38)/t26-,31-/m1/s1. The lowest BCUT2D eigenvalue weighted by Gasteiger charge is -2.30. The summed E-state index contributed by atoms with van der Waals surface area (Å²) in [7, 11) is 1.74. The molecule has 9 nitrogen and oxygen atoms in total. The smallest absolute Gasteiger partial charge is 0.251 e. The number of nitrogens with zero attached hydrogens (tertiary/aromatic N) is 5. The van der Waals surface area contributed by atoms with Crippen LogP contribution in [0.1, 0.15) is 40.5 Å². The van der Waals surface area contributed by atoms with Gasteiger partial charge in [0.05, 0.1) is 55.7 Å². The Morgan fingerprint density at radius 3 is 2.92 bits per heavy atom. The lowest BCUT2D eigenvalue weighted by molar-refractivity contribution is 0.0757. The van der Waals surface area contributed by atoms with Gasteiger partial charge in [-0.05, 0) is 54.1 Å². The summed E-state index contributed by atoms with van der Waals surface area (Å²) in [5, 5.41) is 14.7. The minimum Gasteiger partial charge on any atom is -0.380 e. The average Bonchev–Trinajstić information content (AvgIpc) is 3.49. The normalized spacial score (nSPS) is 20.2. The Kier molecular flexibility index (Phi) is 6.88. The van der Waals surface area contributed by atoms with E-state index in [1.165, 1.54) is 0 Å². The second-order valence-corrected chi connectivity index (χ2v) is 10.6. The molecular weight excluding hydrogens is 504 g/mol. The van der Waals surface area contributed by atoms with Crippen molar-refractivity contribution in [1.82, 2.24) is 20.3 Å². The van der Waals surface area contributed by atoms with Crippen molar-refractivity contribution in [2.24, 2.45) is 0 Å². The third-order valence-electron chi connectivity index (χ3n) is 7.79. The van der Waals surface area contributed by atoms with Crippen molar-refractivity contribution in [2.75, 3.05) is 31.7 Å². The molecule has 1 N–H and O–H groups in total. The SMILES string of the molecule is CO[C@@H]1CCN(c2cncc(-c3ccc4cnc(CNC(=O)c5ccc6c(c5)[C@](C)(C#N)COC6)cc4c3)n2)C1. The van der Waals surface area contributed by atoms with Gasteiger partial charge in [0.25, 0.3) is 5.91 Å². The van der Waals surface area contributed by atoms with Gasteiger partial charge in [-0.15, -0.1) is 0 Å². The first-order valence-corrected chi connectivity index (χ1v) is 13.4. The highest BCUT2D eigenvalue weighted by molar-refractivity contribution is 5.94. The Morgan fingerprint density at radius 2 is 2.10 bits per heavy atom. The molecule has 6 rings (SSSR count). The number of carbonyl (C=O) groups excluding carboxylic acids is 1. The summed E-state index contributed by atoms with van der Waals surface area (Å²) in [6, 6.07) is 15.9. The highest BCUT2D eigenvalue weighted by atomic mass is 16.5. The van der Waals surface area contributed by atoms with Crippen LogP contribution in [0.4, 0.5) is 5.82 Å². The number of pyridine rings is 1. The van der Waals surface area contributed by atoms with Crippen LogP contribution in [-0.4, -0.2) is 53.8 Å². The number of rotatable bonds is 6. The van der Waals surface area contributed by atoms with E-state index in [4.69, 9.17) is 14.5 Å². The molecule has 0 aliphatic carbocycles. The van der Waals surface area contributed by atoms with Gasteiger partial charge in [-0.25, -0.2) is 4.98 Å². The summed E-state index contributed by atoms with van der Waals surface area (Å²) < 4.78 is 11.1. The van der Waals surface area contributed by atoms with Gasteiger partial charge in [-0.2, -0.15) is 5.26 Å². The monoisotopic (exact) mass is 534 g/mol. The summed E-state index contributed by atoms with van der Waals surface area (Å²) in [5.41, 5.74) is 4.03. The highest BCUT2D eigenvalue weighted by Crippen LogP contribution is 2.32. The van der Waals surface area contributed by atoms with Gasteiger partial charge in [0.1, 0.15) is 11.2 Å². The van der Waals surface area contributed by atoms with Crippen molar-refractivity contribution < 1.29 is 14.3 Å². The van der Waals surface area contributed by atoms with Crippen LogP contribution in [0, 0.1) is 11.3 Å². The number of nitrogens with one attached hydrogen (secondary N) is 1. The molecule has 0 saturated carbocycles. The molecule has 2 aliphatic heterocycles. The van der Waals surface area contributed by atoms with Crippen LogP contribution in [0.3, 0.4) is 0 Å². The molecule has 1 saturated heterocycles. The number of aromatic nitrogens is 3. The maximum Gasteiger partial charge on any atom is 0.251 e. The van der Waals surface area contributed by atoms with E-state index in [0.29, 0.717) is 18.8 Å². The van der Waals surface area contributed by atoms with Crippen molar-refractivity contribution in [2.45, 2.75) is 38.0 Å². The number of carbonyl (C=O) groups is 1. The number of ether oxygens (including phenoxy) is 2. The highest BCUT2D eigenvalue weighted by Gasteiger charge is 2.33. The lowest BCUT2D eigenvalue weighted by Crippen LogP contribution is -2.33. The van der Waals surface area contributed by atoms with Crippen LogP contribution in [-0.2, 0) is 28.0 Å². The quantitative estimate of drug-likeness (QED) is 0.392. The molecule has 0 radical (unpaired) electrons. The zero-order chi connectivity index (χ0) is 27.7. The van der Waals surface area contributed by atoms with Crippen LogP contribution in [0.25, 0.3) is 22.0 Å². The molecule has 1 amide bonds. The molecule has 2 aliphatic rings. The second-order valence-electron chi connectivity index (χ2n) is 10.6. The number of methoxy groups -OCH3 is 1. The number of fused-ring (bicyclic) bond motifs is 2. The molecule has 202 valence electrons. The molecule has 2 aromatic carbocycles. The topological polar surface area (TPSA) is 113 Å². The van der Waals surface area contributed by atoms with E-state index in [2.05, 4.69) is 32.3 Å². The maximum atomic E-state index is 13.0. The predicted molar refractivity (Wildman–Crippen MR) is 151 cm³/mol. The molecule has 9 heteroatoms. The summed E-state index contributed by atoms with van der Waals surface area (Å²) in [6.45, 7) is 4.58. The molecule has 40 heavy (non-hydrogen) atoms. The van der Waals surface area contributed by atoms with Crippen LogP contribution >= 0.6 is 0 Å². The van der Waals surface area contributed by atoms with Crippen LogP contribution in [0.15, 0.2) is 61.1 Å². The van der Waals surface area contributed by atoms with Crippen molar-refractivity contribution >= 4 is 22.5 Å². The van der Waals surface area contributed by atoms with Crippen molar-refractivity contribution in [3.63, 3.8) is 0 Å². The van der Waals surface area contributed by atoms with E-state index in [1.807, 2.05) is 43.5 Å². The van der Waals surface area contributed by atoms with Crippen LogP contribution in [0.2, 0.25) is 0 Å². The molecule has 4 heterocycles. The molecule has 2 atom stereocenters. The number of amides is 1. The lowest BCUT2D eigenvalue weighted by atomic mass is 9.79. The number of anilines is 1. The number of benzene rings is 2. The van der Waals surface area contributed by atoms with Gasteiger partial charge < -0.3 is 19.7 Å². The first kappa shape index (κ1) is 25.9. The fourth-order valence-electron chi connectivity index (χ4n) is 5.38. The third kappa shape index (κ3) is 4.99. The largest absolute Gasteiger partial charge is 0.380 e. The van der Waals surface area contributed by atoms with Crippen molar-refractivity contribution in [1.29, 1.82) is 5.26 Å². The minimum absolute atomic E-state index is 0.213. The summed E-state index contributed by atoms with van der Waals surface area (Å²) >= 11 is 0. The van der Waals surface area contributed by atoms with Gasteiger partial charge in [-0.1, -0.05) is 18.2 Å². The molecule has 2 aromatic heterocycles. The van der Waals surface area contributed by atoms with E-state index < -0.39 is 5.41 Å². The summed E-state index contributed by atoms with van der Waals surface area (Å²) in [5.74, 6) is 0.634. The Morgan fingerprint density at radius 1 is 1.20 bits per heavy atom. The maximum absolute atomic E-state index is 13.0. The fourth-order valence-corrected chi connectivity index (χ4v) is 5.38. The minimum atomic E-state index is -0.772. The molecule has 1 fully saturated rings. The van der Waals surface area contributed by atoms with Crippen LogP contribution < -0.4 is 10.2 Å². The van der Waals surface area contributed by atoms with Crippen molar-refractivity contribution in [3.8, 4) is 17.3 Å². The Labute approximate surface area is 232 Å². The molecule has 0 bridgehead atoms. The Bertz CT molecular complexity index is 1630. The zero-order valence-corrected chi connectivity index (χ0v) is 22.6. The number of nitriles is 1.